The fourth-order valence-corrected chi connectivity index (χ4v) is 2.32. The van der Waals surface area contributed by atoms with E-state index >= 15 is 0 Å². The Morgan fingerprint density at radius 2 is 1.60 bits per heavy atom. The van der Waals surface area contributed by atoms with Gasteiger partial charge in [0, 0.05) is 31.0 Å². The van der Waals surface area contributed by atoms with E-state index in [0.717, 1.165) is 28.2 Å². The van der Waals surface area contributed by atoms with Crippen LogP contribution in [0.3, 0.4) is 0 Å². The normalized spacial score (nSPS) is 10.1. The van der Waals surface area contributed by atoms with Crippen LogP contribution in [0.25, 0.3) is 11.0 Å². The minimum atomic E-state index is -0.190. The molecule has 1 aromatic heterocycles. The van der Waals surface area contributed by atoms with Crippen molar-refractivity contribution in [1.29, 1.82) is 0 Å². The van der Waals surface area contributed by atoms with Crippen molar-refractivity contribution in [3.8, 4) is 12.8 Å². The lowest BCUT2D eigenvalue weighted by molar-refractivity contribution is -0.114. The van der Waals surface area contributed by atoms with E-state index in [2.05, 4.69) is 55.7 Å². The Morgan fingerprint density at radius 1 is 1.11 bits per heavy atom. The second kappa shape index (κ2) is 25.3. The van der Waals surface area contributed by atoms with E-state index in [4.69, 9.17) is 10.3 Å². The number of carbonyl (C=O) groups excluding carboxylic acids is 1. The average molecular weight is 487 g/mol. The molecule has 3 N–H and O–H groups in total. The third-order valence-electron chi connectivity index (χ3n) is 3.41. The SMILES string of the molecule is C#C.C=CN=C(C)/C(Cc1ccc2c(NC(C)=O)noc2c1)=C(\C)N.CC.CC.CC.CC(C)C. The molecule has 198 valence electrons. The summed E-state index contributed by atoms with van der Waals surface area (Å²) in [5, 5.41) is 7.27. The molecule has 6 nitrogen and oxygen atoms in total. The average Bonchev–Trinajstić information content (AvgIpc) is 3.23. The molecule has 2 rings (SSSR count). The van der Waals surface area contributed by atoms with Gasteiger partial charge in [0.2, 0.25) is 5.91 Å². The van der Waals surface area contributed by atoms with Crippen LogP contribution in [0.4, 0.5) is 5.82 Å². The molecule has 0 bridgehead atoms. The molecule has 35 heavy (non-hydrogen) atoms. The van der Waals surface area contributed by atoms with E-state index < -0.39 is 0 Å². The summed E-state index contributed by atoms with van der Waals surface area (Å²) in [4.78, 5) is 15.3. The first-order chi connectivity index (χ1) is 16.6. The summed E-state index contributed by atoms with van der Waals surface area (Å²) in [6, 6.07) is 5.71. The standard InChI is InChI=1S/C17H20N4O2.C4H10.3C2H6.C2H2/c1-5-19-11(3)15(10(2)18)8-13-6-7-14-16(9-13)23-21-17(14)20-12(4)22;1-4(2)3;4*1-2/h5-7,9H,1,8,18H2,2-4H3,(H,20,21,22);4H,1-3H3;3*1-2H3;1-2H/b15-10+,19-11?;;;;;. The Morgan fingerprint density at radius 3 is 2.00 bits per heavy atom. The lowest BCUT2D eigenvalue weighted by Crippen LogP contribution is -2.09. The van der Waals surface area contributed by atoms with Crippen molar-refractivity contribution in [1.82, 2.24) is 5.16 Å². The quantitative estimate of drug-likeness (QED) is 0.329. The van der Waals surface area contributed by atoms with Crippen molar-refractivity contribution in [3.05, 3.63) is 47.8 Å². The zero-order valence-electron chi connectivity index (χ0n) is 24.2. The minimum absolute atomic E-state index is 0.190. The predicted molar refractivity (Wildman–Crippen MR) is 157 cm³/mol. The summed E-state index contributed by atoms with van der Waals surface area (Å²) in [5.74, 6) is 1.07. The maximum atomic E-state index is 11.1. The fraction of sp³-hybridized carbons (Fsp3) is 0.483. The summed E-state index contributed by atoms with van der Waals surface area (Å²) in [6.07, 6.45) is 10.1. The molecule has 2 aromatic rings. The number of nitrogens with one attached hydrogen (secondary N) is 1. The number of hydrogen-bond acceptors (Lipinski definition) is 5. The van der Waals surface area contributed by atoms with Gasteiger partial charge >= 0.3 is 0 Å². The number of rotatable bonds is 5. The molecule has 1 aromatic carbocycles. The summed E-state index contributed by atoms with van der Waals surface area (Å²) in [5.41, 5.74) is 10.1. The molecule has 1 heterocycles. The van der Waals surface area contributed by atoms with Gasteiger partial charge in [0.05, 0.1) is 5.39 Å². The molecule has 0 aliphatic rings. The van der Waals surface area contributed by atoms with E-state index in [9.17, 15) is 4.79 Å². The molecular formula is C29H50N4O2. The van der Waals surface area contributed by atoms with Gasteiger partial charge in [-0.2, -0.15) is 0 Å². The number of allylic oxidation sites excluding steroid dienone is 2. The van der Waals surface area contributed by atoms with Crippen LogP contribution in [0.15, 0.2) is 51.8 Å². The molecule has 1 amide bonds. The smallest absolute Gasteiger partial charge is 0.222 e. The lowest BCUT2D eigenvalue weighted by atomic mass is 9.99. The largest absolute Gasteiger partial charge is 0.402 e. The maximum Gasteiger partial charge on any atom is 0.222 e. The molecule has 0 aliphatic heterocycles. The van der Waals surface area contributed by atoms with Gasteiger partial charge in [-0.05, 0) is 43.0 Å². The Balaban J connectivity index is -0.000000344. The van der Waals surface area contributed by atoms with Crippen LogP contribution in [-0.4, -0.2) is 16.8 Å². The second-order valence-electron chi connectivity index (χ2n) is 7.01. The van der Waals surface area contributed by atoms with Gasteiger partial charge in [-0.3, -0.25) is 9.79 Å². The highest BCUT2D eigenvalue weighted by Crippen LogP contribution is 2.25. The maximum absolute atomic E-state index is 11.1. The lowest BCUT2D eigenvalue weighted by Gasteiger charge is -2.09. The Hall–Kier alpha value is -3.33. The van der Waals surface area contributed by atoms with E-state index in [1.807, 2.05) is 73.6 Å². The molecule has 0 radical (unpaired) electrons. The fourth-order valence-electron chi connectivity index (χ4n) is 2.32. The van der Waals surface area contributed by atoms with Crippen molar-refractivity contribution >= 4 is 28.4 Å². The van der Waals surface area contributed by atoms with Gasteiger partial charge in [-0.1, -0.05) is 80.1 Å². The van der Waals surface area contributed by atoms with Gasteiger partial charge in [-0.15, -0.1) is 12.8 Å². The second-order valence-corrected chi connectivity index (χ2v) is 7.01. The number of anilines is 1. The van der Waals surface area contributed by atoms with Gasteiger partial charge in [0.15, 0.2) is 11.4 Å². The number of terminal acetylenes is 1. The number of carbonyl (C=O) groups is 1. The number of amides is 1. The monoisotopic (exact) mass is 486 g/mol. The van der Waals surface area contributed by atoms with E-state index in [1.165, 1.54) is 13.1 Å². The van der Waals surface area contributed by atoms with Crippen molar-refractivity contribution < 1.29 is 9.32 Å². The van der Waals surface area contributed by atoms with Crippen molar-refractivity contribution in [2.75, 3.05) is 5.32 Å². The van der Waals surface area contributed by atoms with Crippen LogP contribution in [0.2, 0.25) is 0 Å². The molecule has 0 fully saturated rings. The van der Waals surface area contributed by atoms with Crippen LogP contribution < -0.4 is 11.1 Å². The molecule has 0 spiro atoms. The number of fused-ring (bicyclic) bond motifs is 1. The van der Waals surface area contributed by atoms with Crippen molar-refractivity contribution in [2.45, 2.75) is 89.5 Å². The van der Waals surface area contributed by atoms with Gasteiger partial charge in [-0.25, -0.2) is 0 Å². The highest BCUT2D eigenvalue weighted by Gasteiger charge is 2.12. The van der Waals surface area contributed by atoms with Crippen LogP contribution in [0.5, 0.6) is 0 Å². The van der Waals surface area contributed by atoms with Crippen LogP contribution in [0, 0.1) is 18.8 Å². The highest BCUT2D eigenvalue weighted by atomic mass is 16.5. The van der Waals surface area contributed by atoms with E-state index in [-0.39, 0.29) is 5.91 Å². The summed E-state index contributed by atoms with van der Waals surface area (Å²) < 4.78 is 5.28. The van der Waals surface area contributed by atoms with Crippen LogP contribution in [0.1, 0.15) is 88.6 Å². The van der Waals surface area contributed by atoms with Gasteiger partial charge in [0.25, 0.3) is 0 Å². The summed E-state index contributed by atoms with van der Waals surface area (Å²) in [7, 11) is 0. The third-order valence-corrected chi connectivity index (χ3v) is 3.41. The Labute approximate surface area is 215 Å². The first-order valence-electron chi connectivity index (χ1n) is 12.3. The molecule has 0 aliphatic carbocycles. The number of benzene rings is 1. The topological polar surface area (TPSA) is 93.5 Å². The molecule has 0 unspecified atom stereocenters. The number of hydrogen-bond donors (Lipinski definition) is 2. The zero-order valence-corrected chi connectivity index (χ0v) is 24.2. The molecule has 6 heteroatoms. The summed E-state index contributed by atoms with van der Waals surface area (Å²) >= 11 is 0. The minimum Gasteiger partial charge on any atom is -0.402 e. The predicted octanol–water partition coefficient (Wildman–Crippen LogP) is 8.16. The molecule has 0 saturated heterocycles. The zero-order chi connectivity index (χ0) is 28.6. The van der Waals surface area contributed by atoms with E-state index in [1.54, 1.807) is 0 Å². The number of nitrogens with zero attached hydrogens (tertiary/aromatic N) is 2. The number of aliphatic imine (C=N–C) groups is 1. The Kier molecular flexibility index (Phi) is 28.1. The van der Waals surface area contributed by atoms with Crippen molar-refractivity contribution in [2.24, 2.45) is 16.6 Å². The highest BCUT2D eigenvalue weighted by molar-refractivity contribution is 6.00. The van der Waals surface area contributed by atoms with Crippen molar-refractivity contribution in [3.63, 3.8) is 0 Å². The first kappa shape index (κ1) is 38.9. The Bertz CT molecular complexity index is 897. The third kappa shape index (κ3) is 17.8. The molecule has 0 atom stereocenters. The summed E-state index contributed by atoms with van der Waals surface area (Å²) in [6.45, 7) is 27.3. The van der Waals surface area contributed by atoms with Crippen LogP contribution in [-0.2, 0) is 11.2 Å². The first-order valence-corrected chi connectivity index (χ1v) is 12.3. The van der Waals surface area contributed by atoms with Gasteiger partial charge < -0.3 is 15.6 Å². The number of nitrogens with two attached hydrogens (primary N) is 1. The van der Waals surface area contributed by atoms with E-state index in [0.29, 0.717) is 23.5 Å². The number of aromatic nitrogens is 1. The molecule has 0 saturated carbocycles. The van der Waals surface area contributed by atoms with Gasteiger partial charge in [0.1, 0.15) is 0 Å². The molecular weight excluding hydrogens is 436 g/mol. The van der Waals surface area contributed by atoms with Crippen LogP contribution >= 0.6 is 0 Å².